The van der Waals surface area contributed by atoms with E-state index in [9.17, 15) is 45.6 Å². The van der Waals surface area contributed by atoms with Crippen LogP contribution in [0.25, 0.3) is 0 Å². The molecule has 0 aromatic carbocycles. The standard InChI is InChI=1S/C69H131NO13/c1-3-5-7-9-11-13-15-17-19-21-23-25-27-29-30-32-34-36-38-40-42-44-46-48-50-52-58(73)57(56-80-68-66(79)64(77)67(60(55-72)82-68)83-69-65(78)63(76)62(75)59(54-71)81-69)70-61(74)53-51-49-47-45-43-41-39-37-35-33-31-28-26-24-22-20-18-16-14-12-10-8-6-4-2/h42,44,50,52,57-60,62-69,71-73,75-79H,3-41,43,45-49,51,53-56H2,1-2H3,(H,70,74)/b44-42+,52-50+. The predicted octanol–water partition coefficient (Wildman–Crippen LogP) is 14.0. The van der Waals surface area contributed by atoms with Crippen molar-refractivity contribution in [2.75, 3.05) is 19.8 Å². The fourth-order valence-corrected chi connectivity index (χ4v) is 11.8. The molecule has 0 aromatic heterocycles. The quantitative estimate of drug-likeness (QED) is 0.0204. The second-order valence-corrected chi connectivity index (χ2v) is 25.0. The lowest BCUT2D eigenvalue weighted by Crippen LogP contribution is -2.65. The third kappa shape index (κ3) is 39.2. The molecule has 0 spiro atoms. The Morgan fingerprint density at radius 3 is 1.18 bits per heavy atom. The molecule has 2 aliphatic rings. The molecule has 9 N–H and O–H groups in total. The second-order valence-electron chi connectivity index (χ2n) is 25.0. The van der Waals surface area contributed by atoms with E-state index in [-0.39, 0.29) is 18.9 Å². The number of hydrogen-bond donors (Lipinski definition) is 9. The molecule has 12 unspecified atom stereocenters. The molecule has 2 fully saturated rings. The molecule has 0 aliphatic carbocycles. The molecule has 1 amide bonds. The number of allylic oxidation sites excluding steroid dienone is 3. The van der Waals surface area contributed by atoms with Crippen LogP contribution in [0.1, 0.15) is 316 Å². The minimum Gasteiger partial charge on any atom is -0.394 e. The molecule has 0 aromatic rings. The Bertz CT molecular complexity index is 1490. The van der Waals surface area contributed by atoms with Gasteiger partial charge in [0.05, 0.1) is 32.0 Å². The highest BCUT2D eigenvalue weighted by Crippen LogP contribution is 2.30. The van der Waals surface area contributed by atoms with Crippen LogP contribution in [-0.4, -0.2) is 140 Å². The molecule has 2 rings (SSSR count). The van der Waals surface area contributed by atoms with Crippen molar-refractivity contribution in [3.63, 3.8) is 0 Å². The predicted molar refractivity (Wildman–Crippen MR) is 337 cm³/mol. The summed E-state index contributed by atoms with van der Waals surface area (Å²) < 4.78 is 22.8. The highest BCUT2D eigenvalue weighted by Gasteiger charge is 2.51. The third-order valence-corrected chi connectivity index (χ3v) is 17.4. The van der Waals surface area contributed by atoms with Gasteiger partial charge in [0.15, 0.2) is 12.6 Å². The lowest BCUT2D eigenvalue weighted by molar-refractivity contribution is -0.359. The fraction of sp³-hybridized carbons (Fsp3) is 0.928. The first kappa shape index (κ1) is 77.6. The molecule has 2 aliphatic heterocycles. The number of rotatable bonds is 58. The van der Waals surface area contributed by atoms with E-state index in [2.05, 4.69) is 31.3 Å². The smallest absolute Gasteiger partial charge is 0.220 e. The number of amides is 1. The zero-order chi connectivity index (χ0) is 60.2. The number of carbonyl (C=O) groups excluding carboxylic acids is 1. The van der Waals surface area contributed by atoms with Gasteiger partial charge in [-0.15, -0.1) is 0 Å². The summed E-state index contributed by atoms with van der Waals surface area (Å²) in [4.78, 5) is 13.3. The average molecular weight is 1180 g/mol. The molecule has 490 valence electrons. The van der Waals surface area contributed by atoms with Crippen molar-refractivity contribution in [1.29, 1.82) is 0 Å². The van der Waals surface area contributed by atoms with E-state index in [1.807, 2.05) is 6.08 Å². The van der Waals surface area contributed by atoms with Crippen molar-refractivity contribution in [1.82, 2.24) is 5.32 Å². The first-order chi connectivity index (χ1) is 40.6. The number of hydrogen-bond acceptors (Lipinski definition) is 13. The van der Waals surface area contributed by atoms with Gasteiger partial charge in [-0.25, -0.2) is 0 Å². The van der Waals surface area contributed by atoms with E-state index < -0.39 is 86.8 Å². The molecule has 14 nitrogen and oxygen atoms in total. The third-order valence-electron chi connectivity index (χ3n) is 17.4. The summed E-state index contributed by atoms with van der Waals surface area (Å²) in [5.41, 5.74) is 0. The van der Waals surface area contributed by atoms with Gasteiger partial charge < -0.3 is 65.1 Å². The van der Waals surface area contributed by atoms with Gasteiger partial charge in [-0.05, 0) is 32.1 Å². The van der Waals surface area contributed by atoms with Gasteiger partial charge in [0.1, 0.15) is 48.8 Å². The maximum atomic E-state index is 13.3. The SMILES string of the molecule is CCCCCCCCCCCCCCCCCCCCC/C=C/CC/C=C/C(O)C(COC1OC(CO)C(OC2OC(CO)C(O)C(O)C2O)C(O)C1O)NC(=O)CCCCCCCCCCCCCCCCCCCCCCCCCC. The van der Waals surface area contributed by atoms with Crippen molar-refractivity contribution in [2.45, 2.75) is 389 Å². The van der Waals surface area contributed by atoms with Gasteiger partial charge in [0.25, 0.3) is 0 Å². The van der Waals surface area contributed by atoms with Crippen LogP contribution in [0.2, 0.25) is 0 Å². The molecule has 14 heteroatoms. The summed E-state index contributed by atoms with van der Waals surface area (Å²) >= 11 is 0. The molecule has 0 saturated carbocycles. The Morgan fingerprint density at radius 1 is 0.422 bits per heavy atom. The minimum atomic E-state index is -1.79. The van der Waals surface area contributed by atoms with Gasteiger partial charge in [-0.3, -0.25) is 4.79 Å². The van der Waals surface area contributed by atoms with Crippen LogP contribution in [0, 0.1) is 0 Å². The topological polar surface area (TPSA) is 228 Å². The Balaban J connectivity index is 1.70. The first-order valence-corrected chi connectivity index (χ1v) is 35.1. The molecule has 83 heavy (non-hydrogen) atoms. The van der Waals surface area contributed by atoms with Crippen LogP contribution >= 0.6 is 0 Å². The van der Waals surface area contributed by atoms with E-state index in [1.165, 1.54) is 250 Å². The number of aliphatic hydroxyl groups is 8. The van der Waals surface area contributed by atoms with Crippen molar-refractivity contribution in [3.8, 4) is 0 Å². The highest BCUT2D eigenvalue weighted by molar-refractivity contribution is 5.76. The summed E-state index contributed by atoms with van der Waals surface area (Å²) in [6.07, 6.45) is 50.9. The highest BCUT2D eigenvalue weighted by atomic mass is 16.7. The molecule has 0 bridgehead atoms. The number of nitrogens with one attached hydrogen (secondary N) is 1. The summed E-state index contributed by atoms with van der Waals surface area (Å²) in [6.45, 7) is 2.84. The molecule has 2 heterocycles. The van der Waals surface area contributed by atoms with E-state index in [1.54, 1.807) is 6.08 Å². The maximum Gasteiger partial charge on any atom is 0.220 e. The van der Waals surface area contributed by atoms with Crippen LogP contribution in [0.4, 0.5) is 0 Å². The average Bonchev–Trinajstić information content (AvgIpc) is 3.59. The monoisotopic (exact) mass is 1180 g/mol. The van der Waals surface area contributed by atoms with Crippen LogP contribution in [0.15, 0.2) is 24.3 Å². The normalized spacial score (nSPS) is 23.9. The summed E-state index contributed by atoms with van der Waals surface area (Å²) in [5.74, 6) is -0.242. The van der Waals surface area contributed by atoms with Crippen molar-refractivity contribution >= 4 is 5.91 Å². The molecular formula is C69H131NO13. The van der Waals surface area contributed by atoms with Crippen molar-refractivity contribution in [3.05, 3.63) is 24.3 Å². The summed E-state index contributed by atoms with van der Waals surface area (Å²) in [5, 5.41) is 87.4. The van der Waals surface area contributed by atoms with Gasteiger partial charge in [0.2, 0.25) is 5.91 Å². The van der Waals surface area contributed by atoms with Crippen LogP contribution in [0.5, 0.6) is 0 Å². The number of aliphatic hydroxyl groups excluding tert-OH is 8. The Labute approximate surface area is 507 Å². The van der Waals surface area contributed by atoms with Gasteiger partial charge in [-0.1, -0.05) is 301 Å². The summed E-state index contributed by atoms with van der Waals surface area (Å²) in [7, 11) is 0. The van der Waals surface area contributed by atoms with E-state index in [0.29, 0.717) is 12.8 Å². The van der Waals surface area contributed by atoms with Crippen molar-refractivity contribution < 1.29 is 64.6 Å². The Hall–Kier alpha value is -1.53. The van der Waals surface area contributed by atoms with E-state index >= 15 is 0 Å². The number of carbonyl (C=O) groups is 1. The molecule has 0 radical (unpaired) electrons. The number of unbranched alkanes of at least 4 members (excludes halogenated alkanes) is 43. The molecule has 12 atom stereocenters. The fourth-order valence-electron chi connectivity index (χ4n) is 11.8. The lowest BCUT2D eigenvalue weighted by Gasteiger charge is -2.46. The molecule has 2 saturated heterocycles. The van der Waals surface area contributed by atoms with E-state index in [4.69, 9.17) is 18.9 Å². The van der Waals surface area contributed by atoms with Gasteiger partial charge in [0, 0.05) is 6.42 Å². The maximum absolute atomic E-state index is 13.3. The molecular weight excluding hydrogens is 1050 g/mol. The largest absolute Gasteiger partial charge is 0.394 e. The van der Waals surface area contributed by atoms with Gasteiger partial charge in [-0.2, -0.15) is 0 Å². The van der Waals surface area contributed by atoms with Crippen LogP contribution in [0.3, 0.4) is 0 Å². The first-order valence-electron chi connectivity index (χ1n) is 35.1. The zero-order valence-corrected chi connectivity index (χ0v) is 53.2. The Kier molecular flexibility index (Phi) is 51.0. The van der Waals surface area contributed by atoms with Crippen LogP contribution in [-0.2, 0) is 23.7 Å². The van der Waals surface area contributed by atoms with Crippen molar-refractivity contribution in [2.24, 2.45) is 0 Å². The second kappa shape index (κ2) is 54.6. The Morgan fingerprint density at radius 2 is 0.771 bits per heavy atom. The zero-order valence-electron chi connectivity index (χ0n) is 53.2. The van der Waals surface area contributed by atoms with E-state index in [0.717, 1.165) is 32.1 Å². The minimum absolute atomic E-state index is 0.242. The lowest BCUT2D eigenvalue weighted by atomic mass is 9.97. The summed E-state index contributed by atoms with van der Waals surface area (Å²) in [6, 6.07) is -0.929. The number of ether oxygens (including phenoxy) is 4. The van der Waals surface area contributed by atoms with Gasteiger partial charge >= 0.3 is 0 Å². The van der Waals surface area contributed by atoms with Crippen LogP contribution < -0.4 is 5.32 Å².